The predicted octanol–water partition coefficient (Wildman–Crippen LogP) is 2.63. The predicted molar refractivity (Wildman–Crippen MR) is 79.6 cm³/mol. The zero-order valence-electron chi connectivity index (χ0n) is 13.1. The summed E-state index contributed by atoms with van der Waals surface area (Å²) < 4.78 is 0. The van der Waals surface area contributed by atoms with E-state index in [9.17, 15) is 14.7 Å². The zero-order valence-corrected chi connectivity index (χ0v) is 13.1. The molecule has 21 heavy (non-hydrogen) atoms. The molecule has 2 bridgehead atoms. The first-order valence-electron chi connectivity index (χ1n) is 8.49. The summed E-state index contributed by atoms with van der Waals surface area (Å²) in [6.07, 6.45) is 5.26. The minimum Gasteiger partial charge on any atom is -0.481 e. The fourth-order valence-corrected chi connectivity index (χ4v) is 5.21. The maximum atomic E-state index is 13.0. The highest BCUT2D eigenvalue weighted by Gasteiger charge is 2.51. The van der Waals surface area contributed by atoms with Crippen LogP contribution in [0.5, 0.6) is 0 Å². The largest absolute Gasteiger partial charge is 0.481 e. The van der Waals surface area contributed by atoms with Crippen LogP contribution in [0.3, 0.4) is 0 Å². The van der Waals surface area contributed by atoms with Gasteiger partial charge in [-0.3, -0.25) is 9.59 Å². The van der Waals surface area contributed by atoms with Crippen molar-refractivity contribution in [2.75, 3.05) is 13.1 Å². The minimum absolute atomic E-state index is 0.134. The maximum Gasteiger partial charge on any atom is 0.307 e. The summed E-state index contributed by atoms with van der Waals surface area (Å²) in [5.41, 5.74) is 0. The van der Waals surface area contributed by atoms with Crippen LogP contribution < -0.4 is 0 Å². The molecule has 0 radical (unpaired) electrons. The van der Waals surface area contributed by atoms with E-state index in [0.29, 0.717) is 17.8 Å². The third kappa shape index (κ3) is 2.69. The molecule has 3 saturated carbocycles. The number of carboxylic acid groups (broad SMARTS) is 1. The molecule has 0 aromatic rings. The number of likely N-dealkylation sites (tertiary alicyclic amines) is 1. The average Bonchev–Trinajstić information content (AvgIpc) is 2.45. The second kappa shape index (κ2) is 5.62. The van der Waals surface area contributed by atoms with E-state index in [1.54, 1.807) is 0 Å². The maximum absolute atomic E-state index is 13.0. The molecule has 118 valence electrons. The molecule has 0 unspecified atom stereocenters. The van der Waals surface area contributed by atoms with Crippen LogP contribution in [0.1, 0.15) is 46.0 Å². The number of hydrogen-bond donors (Lipinski definition) is 1. The quantitative estimate of drug-likeness (QED) is 0.851. The van der Waals surface area contributed by atoms with Crippen molar-refractivity contribution in [2.45, 2.75) is 46.0 Å². The van der Waals surface area contributed by atoms with E-state index in [1.807, 2.05) is 4.90 Å². The molecule has 1 saturated heterocycles. The van der Waals surface area contributed by atoms with Crippen molar-refractivity contribution in [3.05, 3.63) is 0 Å². The number of nitrogens with zero attached hydrogens (tertiary/aromatic N) is 1. The summed E-state index contributed by atoms with van der Waals surface area (Å²) in [6.45, 7) is 6.00. The third-order valence-corrected chi connectivity index (χ3v) is 5.97. The molecule has 4 heteroatoms. The fraction of sp³-hybridized carbons (Fsp3) is 0.882. The van der Waals surface area contributed by atoms with E-state index >= 15 is 0 Å². The van der Waals surface area contributed by atoms with Gasteiger partial charge < -0.3 is 10.0 Å². The number of fused-ring (bicyclic) bond motifs is 3. The monoisotopic (exact) mass is 293 g/mol. The van der Waals surface area contributed by atoms with Gasteiger partial charge in [-0.2, -0.15) is 0 Å². The Morgan fingerprint density at radius 3 is 1.86 bits per heavy atom. The van der Waals surface area contributed by atoms with Crippen molar-refractivity contribution in [1.29, 1.82) is 0 Å². The van der Waals surface area contributed by atoms with Crippen molar-refractivity contribution < 1.29 is 14.7 Å². The molecule has 4 nitrogen and oxygen atoms in total. The summed E-state index contributed by atoms with van der Waals surface area (Å²) in [5, 5.41) is 9.61. The van der Waals surface area contributed by atoms with Crippen molar-refractivity contribution in [1.82, 2.24) is 4.90 Å². The van der Waals surface area contributed by atoms with E-state index in [1.165, 1.54) is 6.42 Å². The zero-order chi connectivity index (χ0) is 15.1. The summed E-state index contributed by atoms with van der Waals surface area (Å²) in [7, 11) is 0. The first-order valence-corrected chi connectivity index (χ1v) is 8.49. The minimum atomic E-state index is -0.749. The lowest BCUT2D eigenvalue weighted by Crippen LogP contribution is -2.54. The number of aliphatic carboxylic acids is 1. The summed E-state index contributed by atoms with van der Waals surface area (Å²) in [5.74, 6) is 0.279. The lowest BCUT2D eigenvalue weighted by molar-refractivity contribution is -0.163. The molecular formula is C17H27NO3. The van der Waals surface area contributed by atoms with Gasteiger partial charge in [0.15, 0.2) is 0 Å². The topological polar surface area (TPSA) is 57.6 Å². The number of amides is 1. The van der Waals surface area contributed by atoms with Crippen LogP contribution in [0.2, 0.25) is 0 Å². The van der Waals surface area contributed by atoms with Gasteiger partial charge in [-0.05, 0) is 55.8 Å². The van der Waals surface area contributed by atoms with Crippen LogP contribution in [0.25, 0.3) is 0 Å². The number of carbonyl (C=O) groups is 2. The van der Waals surface area contributed by atoms with Crippen molar-refractivity contribution in [2.24, 2.45) is 35.5 Å². The second-order valence-corrected chi connectivity index (χ2v) is 7.75. The third-order valence-electron chi connectivity index (χ3n) is 5.97. The lowest BCUT2D eigenvalue weighted by Gasteiger charge is -2.48. The van der Waals surface area contributed by atoms with Crippen LogP contribution in [0, 0.1) is 35.5 Å². The highest BCUT2D eigenvalue weighted by Crippen LogP contribution is 2.49. The van der Waals surface area contributed by atoms with E-state index in [-0.39, 0.29) is 17.7 Å². The molecule has 0 aromatic carbocycles. The first kappa shape index (κ1) is 14.9. The van der Waals surface area contributed by atoms with Gasteiger partial charge in [-0.25, -0.2) is 0 Å². The molecule has 1 heterocycles. The standard InChI is InChI=1S/C17H27NO3/c1-10-7-11(2)9-18(8-10)16(19)14-12-3-5-13(6-4-12)15(14)17(20)21/h10-15H,3-9H2,1-2H3,(H,20,21)/t10-,11+,12?,13?,14-,15+/m0/s1. The van der Waals surface area contributed by atoms with Gasteiger partial charge in [-0.15, -0.1) is 0 Å². The van der Waals surface area contributed by atoms with Gasteiger partial charge in [0, 0.05) is 13.1 Å². The smallest absolute Gasteiger partial charge is 0.307 e. The van der Waals surface area contributed by atoms with Gasteiger partial charge in [-0.1, -0.05) is 13.8 Å². The molecule has 4 atom stereocenters. The molecule has 0 spiro atoms. The number of rotatable bonds is 2. The normalized spacial score (nSPS) is 42.9. The Labute approximate surface area is 126 Å². The Morgan fingerprint density at radius 2 is 1.38 bits per heavy atom. The molecule has 4 aliphatic rings. The second-order valence-electron chi connectivity index (χ2n) is 7.75. The Kier molecular flexibility index (Phi) is 3.98. The molecule has 0 aromatic heterocycles. The SMILES string of the molecule is C[C@@H]1C[C@H](C)CN(C(=O)[C@H]2C3CCC(CC3)[C@H]2C(=O)O)C1. The highest BCUT2D eigenvalue weighted by molar-refractivity contribution is 5.86. The average molecular weight is 293 g/mol. The van der Waals surface area contributed by atoms with Gasteiger partial charge in [0.05, 0.1) is 11.8 Å². The van der Waals surface area contributed by atoms with E-state index < -0.39 is 11.9 Å². The number of hydrogen-bond acceptors (Lipinski definition) is 2. The number of carboxylic acids is 1. The van der Waals surface area contributed by atoms with E-state index in [0.717, 1.165) is 38.8 Å². The first-order chi connectivity index (χ1) is 9.97. The number of carbonyl (C=O) groups excluding carboxylic acids is 1. The Morgan fingerprint density at radius 1 is 0.905 bits per heavy atom. The highest BCUT2D eigenvalue weighted by atomic mass is 16.4. The van der Waals surface area contributed by atoms with Crippen LogP contribution in [0.15, 0.2) is 0 Å². The van der Waals surface area contributed by atoms with Gasteiger partial charge in [0.1, 0.15) is 0 Å². The van der Waals surface area contributed by atoms with Crippen LogP contribution in [0.4, 0.5) is 0 Å². The van der Waals surface area contributed by atoms with E-state index in [4.69, 9.17) is 0 Å². The Hall–Kier alpha value is -1.06. The molecule has 3 aliphatic carbocycles. The van der Waals surface area contributed by atoms with Crippen molar-refractivity contribution >= 4 is 11.9 Å². The van der Waals surface area contributed by atoms with Crippen LogP contribution >= 0.6 is 0 Å². The summed E-state index contributed by atoms with van der Waals surface area (Å²) in [4.78, 5) is 26.7. The van der Waals surface area contributed by atoms with Gasteiger partial charge >= 0.3 is 5.97 Å². The molecule has 4 rings (SSSR count). The van der Waals surface area contributed by atoms with E-state index in [2.05, 4.69) is 13.8 Å². The van der Waals surface area contributed by atoms with Gasteiger partial charge in [0.25, 0.3) is 0 Å². The fourth-order valence-electron chi connectivity index (χ4n) is 5.21. The molecular weight excluding hydrogens is 266 g/mol. The van der Waals surface area contributed by atoms with Crippen molar-refractivity contribution in [3.8, 4) is 0 Å². The molecule has 1 aliphatic heterocycles. The Bertz CT molecular complexity index is 418. The molecule has 1 amide bonds. The molecule has 1 N–H and O–H groups in total. The van der Waals surface area contributed by atoms with Crippen LogP contribution in [-0.4, -0.2) is 35.0 Å². The van der Waals surface area contributed by atoms with Gasteiger partial charge in [0.2, 0.25) is 5.91 Å². The Balaban J connectivity index is 1.80. The molecule has 4 fully saturated rings. The van der Waals surface area contributed by atoms with Crippen LogP contribution in [-0.2, 0) is 9.59 Å². The summed E-state index contributed by atoms with van der Waals surface area (Å²) in [6, 6.07) is 0. The lowest BCUT2D eigenvalue weighted by atomic mass is 9.58. The van der Waals surface area contributed by atoms with Crippen molar-refractivity contribution in [3.63, 3.8) is 0 Å². The summed E-state index contributed by atoms with van der Waals surface area (Å²) >= 11 is 0. The number of piperidine rings is 1.